The molecule has 1 amide bonds. The highest BCUT2D eigenvalue weighted by molar-refractivity contribution is 5.95. The lowest BCUT2D eigenvalue weighted by Crippen LogP contribution is -2.50. The Morgan fingerprint density at radius 2 is 1.71 bits per heavy atom. The van der Waals surface area contributed by atoms with Crippen LogP contribution in [0.5, 0.6) is 5.75 Å². The normalized spacial score (nSPS) is 17.0. The number of nitrogens with zero attached hydrogens (tertiary/aromatic N) is 2. The first-order valence-electron chi connectivity index (χ1n) is 8.62. The summed E-state index contributed by atoms with van der Waals surface area (Å²) in [5.41, 5.74) is 2.34. The number of ether oxygens (including phenoxy) is 1. The van der Waals surface area contributed by atoms with Gasteiger partial charge < -0.3 is 9.64 Å². The molecule has 0 atom stereocenters. The molecule has 0 aliphatic carbocycles. The summed E-state index contributed by atoms with van der Waals surface area (Å²) in [4.78, 5) is 16.9. The molecule has 1 aromatic carbocycles. The van der Waals surface area contributed by atoms with E-state index in [9.17, 15) is 4.79 Å². The van der Waals surface area contributed by atoms with Crippen molar-refractivity contribution in [1.82, 2.24) is 9.80 Å². The molecule has 1 saturated heterocycles. The third kappa shape index (κ3) is 5.38. The number of benzene rings is 1. The van der Waals surface area contributed by atoms with Gasteiger partial charge in [0.2, 0.25) is 5.91 Å². The predicted octanol–water partition coefficient (Wildman–Crippen LogP) is 3.29. The van der Waals surface area contributed by atoms with E-state index >= 15 is 0 Å². The van der Waals surface area contributed by atoms with E-state index in [0.29, 0.717) is 5.41 Å². The molecule has 0 spiro atoms. The van der Waals surface area contributed by atoms with Crippen LogP contribution in [-0.2, 0) is 4.79 Å². The number of amides is 1. The Morgan fingerprint density at radius 1 is 1.12 bits per heavy atom. The van der Waals surface area contributed by atoms with Crippen LogP contribution in [0.15, 0.2) is 30.3 Å². The van der Waals surface area contributed by atoms with Crippen LogP contribution in [0.2, 0.25) is 0 Å². The monoisotopic (exact) mass is 330 g/mol. The third-order valence-corrected chi connectivity index (χ3v) is 4.27. The van der Waals surface area contributed by atoms with E-state index in [4.69, 9.17) is 4.74 Å². The standard InChI is InChI=1S/C20H30N2O2/c1-16(17-6-8-18(24-5)9-7-17)14-19(23)22-12-10-21(11-13-22)15-20(2,3)4/h6-9,14H,10-13,15H2,1-5H3/b16-14+. The molecule has 1 heterocycles. The molecule has 0 saturated carbocycles. The van der Waals surface area contributed by atoms with Gasteiger partial charge in [-0.25, -0.2) is 0 Å². The Bertz CT molecular complexity index is 577. The van der Waals surface area contributed by atoms with E-state index in [2.05, 4.69) is 25.7 Å². The molecule has 0 bridgehead atoms. The first-order chi connectivity index (χ1) is 11.3. The number of allylic oxidation sites excluding steroid dienone is 1. The summed E-state index contributed by atoms with van der Waals surface area (Å²) >= 11 is 0. The Kier molecular flexibility index (Phi) is 6.05. The lowest BCUT2D eigenvalue weighted by atomic mass is 9.96. The number of piperazine rings is 1. The summed E-state index contributed by atoms with van der Waals surface area (Å²) in [5.74, 6) is 0.937. The van der Waals surface area contributed by atoms with E-state index in [1.54, 1.807) is 13.2 Å². The summed E-state index contributed by atoms with van der Waals surface area (Å²) in [6.07, 6.45) is 1.75. The third-order valence-electron chi connectivity index (χ3n) is 4.27. The number of hydrogen-bond acceptors (Lipinski definition) is 3. The maximum absolute atomic E-state index is 12.5. The summed E-state index contributed by atoms with van der Waals surface area (Å²) in [5, 5.41) is 0. The molecule has 2 rings (SSSR count). The zero-order valence-electron chi connectivity index (χ0n) is 15.6. The Balaban J connectivity index is 1.92. The van der Waals surface area contributed by atoms with Crippen molar-refractivity contribution in [3.63, 3.8) is 0 Å². The molecule has 24 heavy (non-hydrogen) atoms. The van der Waals surface area contributed by atoms with Crippen molar-refractivity contribution in [3.8, 4) is 5.75 Å². The molecule has 1 fully saturated rings. The molecule has 0 aromatic heterocycles. The first-order valence-corrected chi connectivity index (χ1v) is 8.62. The van der Waals surface area contributed by atoms with Crippen LogP contribution in [-0.4, -0.2) is 55.5 Å². The van der Waals surface area contributed by atoms with Crippen LogP contribution >= 0.6 is 0 Å². The lowest BCUT2D eigenvalue weighted by Gasteiger charge is -2.37. The number of rotatable bonds is 4. The van der Waals surface area contributed by atoms with E-state index in [1.165, 1.54) is 0 Å². The number of hydrogen-bond donors (Lipinski definition) is 0. The highest BCUT2D eigenvalue weighted by Crippen LogP contribution is 2.19. The zero-order valence-corrected chi connectivity index (χ0v) is 15.6. The van der Waals surface area contributed by atoms with Gasteiger partial charge in [0.25, 0.3) is 0 Å². The topological polar surface area (TPSA) is 32.8 Å². The van der Waals surface area contributed by atoms with Crippen LogP contribution in [0.1, 0.15) is 33.3 Å². The number of methoxy groups -OCH3 is 1. The minimum atomic E-state index is 0.110. The zero-order chi connectivity index (χ0) is 17.7. The molecule has 0 N–H and O–H groups in total. The SMILES string of the molecule is COc1ccc(/C(C)=C/C(=O)N2CCN(CC(C)(C)C)CC2)cc1. The van der Waals surface area contributed by atoms with Crippen LogP contribution in [0.3, 0.4) is 0 Å². The van der Waals surface area contributed by atoms with E-state index in [1.807, 2.05) is 36.1 Å². The highest BCUT2D eigenvalue weighted by Gasteiger charge is 2.23. The van der Waals surface area contributed by atoms with Crippen LogP contribution in [0.25, 0.3) is 5.57 Å². The Hall–Kier alpha value is -1.81. The molecule has 132 valence electrons. The Morgan fingerprint density at radius 3 is 2.21 bits per heavy atom. The molecule has 0 unspecified atom stereocenters. The summed E-state index contributed by atoms with van der Waals surface area (Å²) in [6.45, 7) is 13.4. The van der Waals surface area contributed by atoms with E-state index in [0.717, 1.165) is 49.6 Å². The van der Waals surface area contributed by atoms with Gasteiger partial charge in [-0.1, -0.05) is 32.9 Å². The van der Waals surface area contributed by atoms with Crippen molar-refractivity contribution in [2.75, 3.05) is 39.8 Å². The maximum Gasteiger partial charge on any atom is 0.246 e. The highest BCUT2D eigenvalue weighted by atomic mass is 16.5. The van der Waals surface area contributed by atoms with Gasteiger partial charge in [-0.15, -0.1) is 0 Å². The quantitative estimate of drug-likeness (QED) is 0.794. The van der Waals surface area contributed by atoms with Crippen molar-refractivity contribution < 1.29 is 9.53 Å². The second kappa shape index (κ2) is 7.84. The van der Waals surface area contributed by atoms with Crippen LogP contribution in [0, 0.1) is 5.41 Å². The molecular weight excluding hydrogens is 300 g/mol. The van der Waals surface area contributed by atoms with Crippen molar-refractivity contribution >= 4 is 11.5 Å². The van der Waals surface area contributed by atoms with Crippen LogP contribution < -0.4 is 4.74 Å². The lowest BCUT2D eigenvalue weighted by molar-refractivity contribution is -0.127. The summed E-state index contributed by atoms with van der Waals surface area (Å²) < 4.78 is 5.17. The average Bonchev–Trinajstić information content (AvgIpc) is 2.54. The van der Waals surface area contributed by atoms with Gasteiger partial charge in [0, 0.05) is 38.8 Å². The minimum absolute atomic E-state index is 0.110. The molecule has 1 aliphatic rings. The fourth-order valence-corrected chi connectivity index (χ4v) is 3.01. The molecule has 4 nitrogen and oxygen atoms in total. The largest absolute Gasteiger partial charge is 0.497 e. The molecule has 1 aliphatic heterocycles. The number of carbonyl (C=O) groups excluding carboxylic acids is 1. The van der Waals surface area contributed by atoms with Crippen molar-refractivity contribution in [1.29, 1.82) is 0 Å². The minimum Gasteiger partial charge on any atom is -0.497 e. The predicted molar refractivity (Wildman–Crippen MR) is 99.1 cm³/mol. The van der Waals surface area contributed by atoms with Crippen molar-refractivity contribution in [2.24, 2.45) is 5.41 Å². The van der Waals surface area contributed by atoms with Gasteiger partial charge >= 0.3 is 0 Å². The van der Waals surface area contributed by atoms with Gasteiger partial charge in [-0.3, -0.25) is 9.69 Å². The van der Waals surface area contributed by atoms with Gasteiger partial charge in [0.1, 0.15) is 5.75 Å². The average molecular weight is 330 g/mol. The van der Waals surface area contributed by atoms with E-state index in [-0.39, 0.29) is 5.91 Å². The van der Waals surface area contributed by atoms with E-state index < -0.39 is 0 Å². The second-order valence-electron chi connectivity index (χ2n) is 7.72. The molecule has 0 radical (unpaired) electrons. The molecule has 1 aromatic rings. The molecular formula is C20H30N2O2. The fourth-order valence-electron chi connectivity index (χ4n) is 3.01. The van der Waals surface area contributed by atoms with Crippen LogP contribution in [0.4, 0.5) is 0 Å². The smallest absolute Gasteiger partial charge is 0.246 e. The first kappa shape index (κ1) is 18.5. The van der Waals surface area contributed by atoms with Crippen molar-refractivity contribution in [3.05, 3.63) is 35.9 Å². The second-order valence-corrected chi connectivity index (χ2v) is 7.72. The van der Waals surface area contributed by atoms with Gasteiger partial charge in [0.05, 0.1) is 7.11 Å². The van der Waals surface area contributed by atoms with Crippen molar-refractivity contribution in [2.45, 2.75) is 27.7 Å². The Labute approximate surface area is 146 Å². The maximum atomic E-state index is 12.5. The number of carbonyl (C=O) groups is 1. The van der Waals surface area contributed by atoms with Gasteiger partial charge in [0.15, 0.2) is 0 Å². The summed E-state index contributed by atoms with van der Waals surface area (Å²) in [6, 6.07) is 7.81. The van der Waals surface area contributed by atoms with Gasteiger partial charge in [-0.05, 0) is 35.6 Å². The fraction of sp³-hybridized carbons (Fsp3) is 0.550. The molecule has 4 heteroatoms. The van der Waals surface area contributed by atoms with Gasteiger partial charge in [-0.2, -0.15) is 0 Å². The summed E-state index contributed by atoms with van der Waals surface area (Å²) in [7, 11) is 1.65.